The van der Waals surface area contributed by atoms with Crippen LogP contribution >= 0.6 is 27.3 Å². The van der Waals surface area contributed by atoms with E-state index in [0.29, 0.717) is 12.0 Å². The van der Waals surface area contributed by atoms with E-state index in [-0.39, 0.29) is 0 Å². The third-order valence-electron chi connectivity index (χ3n) is 3.13. The maximum atomic E-state index is 6.11. The van der Waals surface area contributed by atoms with Crippen LogP contribution in [-0.2, 0) is 11.3 Å². The first-order valence-electron chi connectivity index (χ1n) is 5.90. The number of hydrogen-bond donors (Lipinski definition) is 1. The van der Waals surface area contributed by atoms with Gasteiger partial charge in [0.05, 0.1) is 6.61 Å². The van der Waals surface area contributed by atoms with E-state index in [4.69, 9.17) is 10.5 Å². The monoisotopic (exact) mass is 318 g/mol. The molecule has 1 aliphatic rings. The van der Waals surface area contributed by atoms with Gasteiger partial charge in [0, 0.05) is 46.4 Å². The van der Waals surface area contributed by atoms with Gasteiger partial charge in [-0.3, -0.25) is 0 Å². The number of hydrogen-bond acceptors (Lipinski definition) is 4. The summed E-state index contributed by atoms with van der Waals surface area (Å²) in [7, 11) is 2.15. The van der Waals surface area contributed by atoms with E-state index < -0.39 is 0 Å². The lowest BCUT2D eigenvalue weighted by Crippen LogP contribution is -2.44. The lowest BCUT2D eigenvalue weighted by molar-refractivity contribution is 0.0287. The van der Waals surface area contributed by atoms with E-state index >= 15 is 0 Å². The molecule has 0 aromatic carbocycles. The Labute approximate surface area is 115 Å². The van der Waals surface area contributed by atoms with E-state index in [0.717, 1.165) is 32.7 Å². The Bertz CT molecular complexity index is 358. The van der Waals surface area contributed by atoms with Gasteiger partial charge in [0.15, 0.2) is 0 Å². The molecule has 0 saturated carbocycles. The molecule has 96 valence electrons. The molecule has 2 heterocycles. The zero-order valence-corrected chi connectivity index (χ0v) is 12.5. The summed E-state index contributed by atoms with van der Waals surface area (Å²) in [4.78, 5) is 3.71. The molecule has 17 heavy (non-hydrogen) atoms. The Kier molecular flexibility index (Phi) is 4.99. The first kappa shape index (κ1) is 13.5. The Morgan fingerprint density at radius 3 is 3.12 bits per heavy atom. The van der Waals surface area contributed by atoms with E-state index in [1.54, 1.807) is 11.3 Å². The summed E-state index contributed by atoms with van der Waals surface area (Å²) < 4.78 is 6.67. The highest BCUT2D eigenvalue weighted by Crippen LogP contribution is 2.21. The fourth-order valence-corrected chi connectivity index (χ4v) is 3.70. The molecule has 1 aromatic rings. The quantitative estimate of drug-likeness (QED) is 0.925. The van der Waals surface area contributed by atoms with Crippen molar-refractivity contribution in [2.75, 3.05) is 26.8 Å². The molecule has 1 saturated heterocycles. The Balaban J connectivity index is 1.82. The zero-order chi connectivity index (χ0) is 12.3. The number of ether oxygens (including phenoxy) is 1. The smallest absolute Gasteiger partial charge is 0.0521 e. The van der Waals surface area contributed by atoms with Crippen LogP contribution in [0.4, 0.5) is 0 Å². The molecule has 2 atom stereocenters. The van der Waals surface area contributed by atoms with Crippen molar-refractivity contribution >= 4 is 27.3 Å². The average molecular weight is 319 g/mol. The molecule has 0 radical (unpaired) electrons. The molecule has 0 amide bonds. The van der Waals surface area contributed by atoms with E-state index in [9.17, 15) is 0 Å². The molecular weight excluding hydrogens is 300 g/mol. The second-order valence-corrected chi connectivity index (χ2v) is 6.63. The number of nitrogens with zero attached hydrogens (tertiary/aromatic N) is 1. The SMILES string of the molecule is CN(Cc1cc(Br)cs1)CC1COCCC1N. The highest BCUT2D eigenvalue weighted by Gasteiger charge is 2.23. The topological polar surface area (TPSA) is 38.5 Å². The number of halogens is 1. The van der Waals surface area contributed by atoms with Gasteiger partial charge >= 0.3 is 0 Å². The molecule has 5 heteroatoms. The van der Waals surface area contributed by atoms with Crippen molar-refractivity contribution in [2.24, 2.45) is 11.7 Å². The third kappa shape index (κ3) is 4.03. The summed E-state index contributed by atoms with van der Waals surface area (Å²) in [6.07, 6.45) is 0.989. The fraction of sp³-hybridized carbons (Fsp3) is 0.667. The standard InChI is InChI=1S/C12H19BrN2OS/c1-15(6-11-4-10(13)8-17-11)5-9-7-16-3-2-12(9)14/h4,8-9,12H,2-3,5-7,14H2,1H3. The first-order chi connectivity index (χ1) is 8.15. The van der Waals surface area contributed by atoms with Gasteiger partial charge < -0.3 is 15.4 Å². The number of thiophene rings is 1. The highest BCUT2D eigenvalue weighted by atomic mass is 79.9. The van der Waals surface area contributed by atoms with E-state index in [1.165, 1.54) is 9.35 Å². The minimum absolute atomic E-state index is 0.293. The molecule has 3 nitrogen and oxygen atoms in total. The molecule has 0 spiro atoms. The maximum absolute atomic E-state index is 6.11. The van der Waals surface area contributed by atoms with Gasteiger partial charge in [0.25, 0.3) is 0 Å². The van der Waals surface area contributed by atoms with Crippen molar-refractivity contribution in [1.82, 2.24) is 4.90 Å². The molecule has 2 unspecified atom stereocenters. The van der Waals surface area contributed by atoms with Crippen molar-refractivity contribution in [2.45, 2.75) is 19.0 Å². The van der Waals surface area contributed by atoms with Crippen LogP contribution < -0.4 is 5.73 Å². The van der Waals surface area contributed by atoms with Gasteiger partial charge in [0.2, 0.25) is 0 Å². The van der Waals surface area contributed by atoms with Crippen molar-refractivity contribution in [3.63, 3.8) is 0 Å². The summed E-state index contributed by atoms with van der Waals surface area (Å²) in [5, 5.41) is 2.12. The Morgan fingerprint density at radius 2 is 2.47 bits per heavy atom. The van der Waals surface area contributed by atoms with Gasteiger partial charge in [-0.05, 0) is 35.5 Å². The molecule has 0 bridgehead atoms. The summed E-state index contributed by atoms with van der Waals surface area (Å²) in [5.41, 5.74) is 6.11. The highest BCUT2D eigenvalue weighted by molar-refractivity contribution is 9.10. The van der Waals surface area contributed by atoms with Crippen LogP contribution in [0, 0.1) is 5.92 Å². The van der Waals surface area contributed by atoms with Crippen molar-refractivity contribution < 1.29 is 4.74 Å². The molecule has 1 aromatic heterocycles. The predicted octanol–water partition coefficient (Wildman–Crippen LogP) is 2.31. The van der Waals surface area contributed by atoms with Crippen LogP contribution in [0.2, 0.25) is 0 Å². The first-order valence-corrected chi connectivity index (χ1v) is 7.57. The molecule has 1 fully saturated rings. The molecular formula is C12H19BrN2OS. The average Bonchev–Trinajstić information content (AvgIpc) is 2.67. The largest absolute Gasteiger partial charge is 0.381 e. The summed E-state index contributed by atoms with van der Waals surface area (Å²) >= 11 is 5.27. The van der Waals surface area contributed by atoms with Gasteiger partial charge in [0.1, 0.15) is 0 Å². The van der Waals surface area contributed by atoms with Crippen molar-refractivity contribution in [3.8, 4) is 0 Å². The van der Waals surface area contributed by atoms with Gasteiger partial charge in [-0.1, -0.05) is 0 Å². The number of nitrogens with two attached hydrogens (primary N) is 1. The third-order valence-corrected chi connectivity index (χ3v) is 4.81. The summed E-state index contributed by atoms with van der Waals surface area (Å²) in [6.45, 7) is 3.62. The molecule has 2 rings (SSSR count). The number of rotatable bonds is 4. The normalized spacial score (nSPS) is 25.4. The molecule has 0 aliphatic carbocycles. The van der Waals surface area contributed by atoms with Gasteiger partial charge in [-0.2, -0.15) is 0 Å². The summed E-state index contributed by atoms with van der Waals surface area (Å²) in [5.74, 6) is 0.470. The molecule has 2 N–H and O–H groups in total. The lowest BCUT2D eigenvalue weighted by Gasteiger charge is -2.31. The zero-order valence-electron chi connectivity index (χ0n) is 10.1. The van der Waals surface area contributed by atoms with Crippen LogP contribution in [0.25, 0.3) is 0 Å². The Morgan fingerprint density at radius 1 is 1.65 bits per heavy atom. The lowest BCUT2D eigenvalue weighted by atomic mass is 9.96. The van der Waals surface area contributed by atoms with Crippen LogP contribution in [0.15, 0.2) is 15.9 Å². The van der Waals surface area contributed by atoms with Gasteiger partial charge in [-0.15, -0.1) is 11.3 Å². The van der Waals surface area contributed by atoms with Gasteiger partial charge in [-0.25, -0.2) is 0 Å². The van der Waals surface area contributed by atoms with Crippen LogP contribution in [0.3, 0.4) is 0 Å². The fourth-order valence-electron chi connectivity index (χ4n) is 2.17. The second-order valence-electron chi connectivity index (χ2n) is 4.72. The predicted molar refractivity (Wildman–Crippen MR) is 75.3 cm³/mol. The minimum atomic E-state index is 0.293. The maximum Gasteiger partial charge on any atom is 0.0521 e. The Hall–Kier alpha value is 0.0600. The second kappa shape index (κ2) is 6.29. The van der Waals surface area contributed by atoms with Crippen LogP contribution in [-0.4, -0.2) is 37.7 Å². The molecule has 1 aliphatic heterocycles. The van der Waals surface area contributed by atoms with Crippen LogP contribution in [0.5, 0.6) is 0 Å². The van der Waals surface area contributed by atoms with E-state index in [2.05, 4.69) is 39.3 Å². The summed E-state index contributed by atoms with van der Waals surface area (Å²) in [6, 6.07) is 2.47. The van der Waals surface area contributed by atoms with Crippen molar-refractivity contribution in [3.05, 3.63) is 20.8 Å². The minimum Gasteiger partial charge on any atom is -0.381 e. The van der Waals surface area contributed by atoms with Crippen LogP contribution in [0.1, 0.15) is 11.3 Å². The van der Waals surface area contributed by atoms with Crippen molar-refractivity contribution in [1.29, 1.82) is 0 Å². The van der Waals surface area contributed by atoms with E-state index in [1.807, 2.05) is 0 Å².